The van der Waals surface area contributed by atoms with Gasteiger partial charge in [0.05, 0.1) is 17.5 Å². The summed E-state index contributed by atoms with van der Waals surface area (Å²) in [4.78, 5) is 10.9. The first kappa shape index (κ1) is 12.2. The van der Waals surface area contributed by atoms with E-state index in [1.54, 1.807) is 0 Å². The maximum absolute atomic E-state index is 12.5. The lowest BCUT2D eigenvalue weighted by Crippen LogP contribution is -2.05. The van der Waals surface area contributed by atoms with Crippen molar-refractivity contribution in [2.24, 2.45) is 0 Å². The van der Waals surface area contributed by atoms with E-state index in [9.17, 15) is 18.0 Å². The maximum atomic E-state index is 12.5. The summed E-state index contributed by atoms with van der Waals surface area (Å²) in [5.74, 6) is -1.25. The number of aromatic nitrogens is 2. The predicted octanol–water partition coefficient (Wildman–Crippen LogP) is 2.79. The van der Waals surface area contributed by atoms with Crippen molar-refractivity contribution >= 4 is 5.97 Å². The number of halogens is 3. The molecule has 4 nitrogen and oxygen atoms in total. The molecule has 0 aliphatic heterocycles. The van der Waals surface area contributed by atoms with E-state index in [0.29, 0.717) is 0 Å². The van der Waals surface area contributed by atoms with Gasteiger partial charge in [-0.15, -0.1) is 0 Å². The average Bonchev–Trinajstić information content (AvgIpc) is 2.77. The molecule has 94 valence electrons. The Kier molecular flexibility index (Phi) is 2.82. The van der Waals surface area contributed by atoms with Crippen LogP contribution in [0, 0.1) is 0 Å². The van der Waals surface area contributed by atoms with Crippen LogP contribution in [0.4, 0.5) is 13.2 Å². The van der Waals surface area contributed by atoms with Crippen LogP contribution in [0.2, 0.25) is 0 Å². The number of aromatic amines is 1. The third-order valence-corrected chi connectivity index (χ3v) is 2.35. The molecule has 0 aliphatic carbocycles. The number of H-pyrrole nitrogens is 1. The molecule has 0 atom stereocenters. The molecule has 2 aromatic rings. The second-order valence-corrected chi connectivity index (χ2v) is 3.54. The second-order valence-electron chi connectivity index (χ2n) is 3.54. The highest BCUT2D eigenvalue weighted by molar-refractivity contribution is 5.94. The van der Waals surface area contributed by atoms with Crippen LogP contribution in [0.1, 0.15) is 15.9 Å². The fourth-order valence-electron chi connectivity index (χ4n) is 1.52. The molecule has 0 saturated carbocycles. The summed E-state index contributed by atoms with van der Waals surface area (Å²) in [6.45, 7) is 0. The molecule has 1 heterocycles. The maximum Gasteiger partial charge on any atom is 0.416 e. The van der Waals surface area contributed by atoms with Gasteiger partial charge in [-0.05, 0) is 12.1 Å². The Hall–Kier alpha value is -2.31. The zero-order valence-electron chi connectivity index (χ0n) is 8.82. The topological polar surface area (TPSA) is 66.0 Å². The van der Waals surface area contributed by atoms with E-state index in [4.69, 9.17) is 5.11 Å². The molecule has 2 rings (SSSR count). The largest absolute Gasteiger partial charge is 0.478 e. The summed E-state index contributed by atoms with van der Waals surface area (Å²) in [5, 5.41) is 14.8. The van der Waals surface area contributed by atoms with E-state index in [1.165, 1.54) is 12.1 Å². The van der Waals surface area contributed by atoms with Crippen molar-refractivity contribution < 1.29 is 23.1 Å². The highest BCUT2D eigenvalue weighted by atomic mass is 19.4. The molecular weight excluding hydrogens is 249 g/mol. The first-order valence-electron chi connectivity index (χ1n) is 4.84. The molecule has 2 N–H and O–H groups in total. The van der Waals surface area contributed by atoms with Gasteiger partial charge in [0.1, 0.15) is 5.56 Å². The van der Waals surface area contributed by atoms with Crippen LogP contribution < -0.4 is 0 Å². The van der Waals surface area contributed by atoms with Gasteiger partial charge >= 0.3 is 12.1 Å². The van der Waals surface area contributed by atoms with Crippen LogP contribution in [0.5, 0.6) is 0 Å². The van der Waals surface area contributed by atoms with Gasteiger partial charge in [0.2, 0.25) is 0 Å². The standard InChI is InChI=1S/C11H7F3N2O2/c12-11(13,14)7-3-1-2-6(4-7)9-8(10(17)18)5-15-16-9/h1-5H,(H,15,16)(H,17,18). The van der Waals surface area contributed by atoms with Gasteiger partial charge in [-0.2, -0.15) is 18.3 Å². The molecule has 0 spiro atoms. The third-order valence-electron chi connectivity index (χ3n) is 2.35. The Labute approximate surface area is 99.1 Å². The van der Waals surface area contributed by atoms with E-state index < -0.39 is 17.7 Å². The van der Waals surface area contributed by atoms with Crippen molar-refractivity contribution in [1.82, 2.24) is 10.2 Å². The number of carboxylic acid groups (broad SMARTS) is 1. The summed E-state index contributed by atoms with van der Waals surface area (Å²) in [6, 6.07) is 4.39. The van der Waals surface area contributed by atoms with Gasteiger partial charge < -0.3 is 5.11 Å². The smallest absolute Gasteiger partial charge is 0.416 e. The lowest BCUT2D eigenvalue weighted by molar-refractivity contribution is -0.137. The van der Waals surface area contributed by atoms with Gasteiger partial charge in [0.15, 0.2) is 0 Å². The van der Waals surface area contributed by atoms with Crippen LogP contribution in [0.15, 0.2) is 30.5 Å². The minimum atomic E-state index is -4.47. The third kappa shape index (κ3) is 2.20. The fraction of sp³-hybridized carbons (Fsp3) is 0.0909. The Bertz CT molecular complexity index is 590. The minimum absolute atomic E-state index is 0.0496. The Balaban J connectivity index is 2.52. The fourth-order valence-corrected chi connectivity index (χ4v) is 1.52. The van der Waals surface area contributed by atoms with Crippen LogP contribution in [0.25, 0.3) is 11.3 Å². The van der Waals surface area contributed by atoms with Gasteiger partial charge in [-0.25, -0.2) is 4.79 Å². The number of rotatable bonds is 2. The molecule has 18 heavy (non-hydrogen) atoms. The highest BCUT2D eigenvalue weighted by Gasteiger charge is 2.30. The molecule has 0 saturated heterocycles. The number of nitrogens with one attached hydrogen (secondary N) is 1. The lowest BCUT2D eigenvalue weighted by atomic mass is 10.1. The predicted molar refractivity (Wildman–Crippen MR) is 56.0 cm³/mol. The molecule has 0 amide bonds. The summed E-state index contributed by atoms with van der Waals surface area (Å²) in [6.07, 6.45) is -3.42. The number of nitrogens with zero attached hydrogens (tertiary/aromatic N) is 1. The lowest BCUT2D eigenvalue weighted by Gasteiger charge is -2.08. The molecule has 1 aromatic carbocycles. The first-order chi connectivity index (χ1) is 8.39. The number of alkyl halides is 3. The summed E-state index contributed by atoms with van der Waals surface area (Å²) < 4.78 is 37.6. The van der Waals surface area contributed by atoms with Crippen molar-refractivity contribution in [2.75, 3.05) is 0 Å². The van der Waals surface area contributed by atoms with Crippen LogP contribution in [-0.2, 0) is 6.18 Å². The Morgan fingerprint density at radius 3 is 2.67 bits per heavy atom. The van der Waals surface area contributed by atoms with Crippen LogP contribution in [0.3, 0.4) is 0 Å². The molecule has 0 bridgehead atoms. The van der Waals surface area contributed by atoms with Crippen LogP contribution in [-0.4, -0.2) is 21.3 Å². The van der Waals surface area contributed by atoms with Crippen LogP contribution >= 0.6 is 0 Å². The molecule has 0 radical (unpaired) electrons. The minimum Gasteiger partial charge on any atom is -0.478 e. The van der Waals surface area contributed by atoms with Crippen molar-refractivity contribution in [3.05, 3.63) is 41.6 Å². The number of hydrogen-bond donors (Lipinski definition) is 2. The Morgan fingerprint density at radius 1 is 1.33 bits per heavy atom. The van der Waals surface area contributed by atoms with Crippen molar-refractivity contribution in [3.8, 4) is 11.3 Å². The van der Waals surface area contributed by atoms with Gasteiger partial charge in [0.25, 0.3) is 0 Å². The highest BCUT2D eigenvalue weighted by Crippen LogP contribution is 2.32. The van der Waals surface area contributed by atoms with Crippen molar-refractivity contribution in [2.45, 2.75) is 6.18 Å². The number of benzene rings is 1. The van der Waals surface area contributed by atoms with Crippen molar-refractivity contribution in [3.63, 3.8) is 0 Å². The average molecular weight is 256 g/mol. The number of carbonyl (C=O) groups is 1. The SMILES string of the molecule is O=C(O)c1cn[nH]c1-c1cccc(C(F)(F)F)c1. The summed E-state index contributed by atoms with van der Waals surface area (Å²) >= 11 is 0. The molecule has 0 unspecified atom stereocenters. The monoisotopic (exact) mass is 256 g/mol. The number of hydrogen-bond acceptors (Lipinski definition) is 2. The zero-order chi connectivity index (χ0) is 13.3. The quantitative estimate of drug-likeness (QED) is 0.868. The number of aromatic carboxylic acids is 1. The van der Waals surface area contributed by atoms with Gasteiger partial charge in [-0.3, -0.25) is 5.10 Å². The molecule has 0 aliphatic rings. The zero-order valence-corrected chi connectivity index (χ0v) is 8.82. The van der Waals surface area contributed by atoms with Crippen molar-refractivity contribution in [1.29, 1.82) is 0 Å². The molecule has 7 heteroatoms. The van der Waals surface area contributed by atoms with E-state index in [0.717, 1.165) is 18.3 Å². The second kappa shape index (κ2) is 4.17. The van der Waals surface area contributed by atoms with E-state index in [1.807, 2.05) is 0 Å². The van der Waals surface area contributed by atoms with Gasteiger partial charge in [0, 0.05) is 5.56 Å². The van der Waals surface area contributed by atoms with E-state index in [2.05, 4.69) is 10.2 Å². The molecular formula is C11H7F3N2O2. The van der Waals surface area contributed by atoms with Gasteiger partial charge in [-0.1, -0.05) is 12.1 Å². The normalized spacial score (nSPS) is 11.5. The molecule has 0 fully saturated rings. The summed E-state index contributed by atoms with van der Waals surface area (Å²) in [5.41, 5.74) is -0.839. The van der Waals surface area contributed by atoms with E-state index in [-0.39, 0.29) is 16.8 Å². The molecule has 1 aromatic heterocycles. The first-order valence-corrected chi connectivity index (χ1v) is 4.84. The summed E-state index contributed by atoms with van der Waals surface area (Å²) in [7, 11) is 0. The van der Waals surface area contributed by atoms with E-state index >= 15 is 0 Å². The number of carboxylic acids is 1. The Morgan fingerprint density at radius 2 is 2.06 bits per heavy atom.